The maximum atomic E-state index is 9.32. The van der Waals surface area contributed by atoms with Gasteiger partial charge >= 0.3 is 0 Å². The van der Waals surface area contributed by atoms with Crippen molar-refractivity contribution in [2.45, 2.75) is 50.1 Å². The molecule has 0 heterocycles. The van der Waals surface area contributed by atoms with Gasteiger partial charge in [-0.25, -0.2) is 0 Å². The summed E-state index contributed by atoms with van der Waals surface area (Å²) in [6.45, 7) is 3.71. The van der Waals surface area contributed by atoms with E-state index in [1.807, 2.05) is 0 Å². The van der Waals surface area contributed by atoms with Crippen LogP contribution in [0, 0.1) is 0 Å². The first kappa shape index (κ1) is 11.4. The minimum atomic E-state index is -0.642. The first-order valence-electron chi connectivity index (χ1n) is 4.09. The lowest BCUT2D eigenvalue weighted by Crippen LogP contribution is -2.31. The van der Waals surface area contributed by atoms with E-state index in [0.29, 0.717) is 0 Å². The molecule has 3 atom stereocenters. The Bertz CT molecular complexity index is 96.1. The van der Waals surface area contributed by atoms with Gasteiger partial charge in [0.25, 0.3) is 0 Å². The van der Waals surface area contributed by atoms with Crippen LogP contribution < -0.4 is 0 Å². The zero-order valence-electron chi connectivity index (χ0n) is 7.13. The standard InChI is InChI=1S/C8H17BrO2/c1-3-4-5-7(9)8(11)6(2)10/h6-8,10-11H,3-5H2,1-2H3/t6-,7+,8-/m0/s1. The highest BCUT2D eigenvalue weighted by atomic mass is 79.9. The van der Waals surface area contributed by atoms with Crippen LogP contribution in [0.25, 0.3) is 0 Å². The molecule has 2 nitrogen and oxygen atoms in total. The molecular weight excluding hydrogens is 208 g/mol. The molecule has 0 aliphatic heterocycles. The third kappa shape index (κ3) is 4.77. The van der Waals surface area contributed by atoms with E-state index >= 15 is 0 Å². The Morgan fingerprint density at radius 3 is 2.27 bits per heavy atom. The number of rotatable bonds is 5. The lowest BCUT2D eigenvalue weighted by molar-refractivity contribution is 0.0299. The van der Waals surface area contributed by atoms with Crippen LogP contribution in [0.15, 0.2) is 0 Å². The smallest absolute Gasteiger partial charge is 0.0920 e. The number of aliphatic hydroxyl groups is 2. The minimum absolute atomic E-state index is 0.0300. The lowest BCUT2D eigenvalue weighted by atomic mass is 10.1. The number of unbranched alkanes of at least 4 members (excludes halogenated alkanes) is 1. The number of alkyl halides is 1. The lowest BCUT2D eigenvalue weighted by Gasteiger charge is -2.19. The summed E-state index contributed by atoms with van der Waals surface area (Å²) < 4.78 is 0. The van der Waals surface area contributed by atoms with Crippen molar-refractivity contribution in [1.29, 1.82) is 0 Å². The van der Waals surface area contributed by atoms with Crippen molar-refractivity contribution >= 4 is 15.9 Å². The SMILES string of the molecule is CCCC[C@@H](Br)[C@@H](O)[C@H](C)O. The molecule has 0 radical (unpaired) electrons. The van der Waals surface area contributed by atoms with Crippen LogP contribution >= 0.6 is 15.9 Å². The van der Waals surface area contributed by atoms with E-state index in [9.17, 15) is 5.11 Å². The summed E-state index contributed by atoms with van der Waals surface area (Å²) in [6, 6.07) is 0. The van der Waals surface area contributed by atoms with Crippen LogP contribution in [0.5, 0.6) is 0 Å². The van der Waals surface area contributed by atoms with E-state index < -0.39 is 12.2 Å². The second-order valence-corrected chi connectivity index (χ2v) is 4.07. The molecule has 68 valence electrons. The molecule has 2 N–H and O–H groups in total. The second kappa shape index (κ2) is 5.98. The fourth-order valence-corrected chi connectivity index (χ4v) is 1.64. The van der Waals surface area contributed by atoms with Gasteiger partial charge in [0.1, 0.15) is 0 Å². The zero-order chi connectivity index (χ0) is 8.85. The van der Waals surface area contributed by atoms with Gasteiger partial charge in [0.05, 0.1) is 12.2 Å². The molecule has 0 spiro atoms. The summed E-state index contributed by atoms with van der Waals surface area (Å²) in [5.41, 5.74) is 0. The van der Waals surface area contributed by atoms with Crippen molar-refractivity contribution in [3.05, 3.63) is 0 Å². The van der Waals surface area contributed by atoms with Crippen LogP contribution in [0.2, 0.25) is 0 Å². The molecule has 0 aromatic rings. The second-order valence-electron chi connectivity index (χ2n) is 2.89. The minimum Gasteiger partial charge on any atom is -0.391 e. The van der Waals surface area contributed by atoms with E-state index in [1.54, 1.807) is 6.92 Å². The predicted molar refractivity (Wildman–Crippen MR) is 49.9 cm³/mol. The Labute approximate surface area is 76.7 Å². The normalized spacial score (nSPS) is 19.4. The molecule has 0 amide bonds. The number of hydrogen-bond acceptors (Lipinski definition) is 2. The molecule has 0 saturated carbocycles. The van der Waals surface area contributed by atoms with Crippen molar-refractivity contribution in [2.75, 3.05) is 0 Å². The highest BCUT2D eigenvalue weighted by Gasteiger charge is 2.19. The van der Waals surface area contributed by atoms with E-state index in [-0.39, 0.29) is 4.83 Å². The summed E-state index contributed by atoms with van der Waals surface area (Å²) in [6.07, 6.45) is 1.84. The topological polar surface area (TPSA) is 40.5 Å². The molecule has 0 aromatic carbocycles. The molecular formula is C8H17BrO2. The summed E-state index contributed by atoms with van der Waals surface area (Å²) in [5, 5.41) is 18.3. The monoisotopic (exact) mass is 224 g/mol. The first-order valence-corrected chi connectivity index (χ1v) is 5.01. The molecule has 0 saturated heterocycles. The molecule has 0 aromatic heterocycles. The summed E-state index contributed by atoms with van der Waals surface area (Å²) in [7, 11) is 0. The quantitative estimate of drug-likeness (QED) is 0.699. The Hall–Kier alpha value is 0.400. The molecule has 0 unspecified atom stereocenters. The van der Waals surface area contributed by atoms with Crippen molar-refractivity contribution in [1.82, 2.24) is 0 Å². The van der Waals surface area contributed by atoms with Crippen molar-refractivity contribution in [3.63, 3.8) is 0 Å². The van der Waals surface area contributed by atoms with E-state index in [2.05, 4.69) is 22.9 Å². The van der Waals surface area contributed by atoms with Gasteiger partial charge in [0.2, 0.25) is 0 Å². The Balaban J connectivity index is 3.55. The highest BCUT2D eigenvalue weighted by Crippen LogP contribution is 2.16. The predicted octanol–water partition coefficient (Wildman–Crippen LogP) is 1.68. The Kier molecular flexibility index (Phi) is 6.19. The van der Waals surface area contributed by atoms with Gasteiger partial charge < -0.3 is 10.2 Å². The number of hydrogen-bond donors (Lipinski definition) is 2. The van der Waals surface area contributed by atoms with Gasteiger partial charge in [0, 0.05) is 4.83 Å². The van der Waals surface area contributed by atoms with Crippen LogP contribution in [-0.2, 0) is 0 Å². The maximum Gasteiger partial charge on any atom is 0.0920 e. The fourth-order valence-electron chi connectivity index (χ4n) is 0.872. The summed E-state index contributed by atoms with van der Waals surface area (Å²) in [5.74, 6) is 0. The molecule has 3 heteroatoms. The van der Waals surface area contributed by atoms with Crippen molar-refractivity contribution < 1.29 is 10.2 Å². The molecule has 0 fully saturated rings. The van der Waals surface area contributed by atoms with Gasteiger partial charge in [-0.1, -0.05) is 35.7 Å². The zero-order valence-corrected chi connectivity index (χ0v) is 8.71. The van der Waals surface area contributed by atoms with Crippen LogP contribution in [-0.4, -0.2) is 27.2 Å². The van der Waals surface area contributed by atoms with Crippen LogP contribution in [0.1, 0.15) is 33.1 Å². The third-order valence-electron chi connectivity index (χ3n) is 1.70. The Morgan fingerprint density at radius 2 is 1.91 bits per heavy atom. The number of aliphatic hydroxyl groups excluding tert-OH is 2. The molecule has 0 bridgehead atoms. The van der Waals surface area contributed by atoms with Gasteiger partial charge in [0.15, 0.2) is 0 Å². The molecule has 0 aliphatic carbocycles. The highest BCUT2D eigenvalue weighted by molar-refractivity contribution is 9.09. The average Bonchev–Trinajstić information content (AvgIpc) is 1.98. The van der Waals surface area contributed by atoms with Crippen LogP contribution in [0.3, 0.4) is 0 Å². The molecule has 11 heavy (non-hydrogen) atoms. The van der Waals surface area contributed by atoms with Crippen molar-refractivity contribution in [3.8, 4) is 0 Å². The van der Waals surface area contributed by atoms with Gasteiger partial charge in [-0.05, 0) is 13.3 Å². The van der Waals surface area contributed by atoms with E-state index in [4.69, 9.17) is 5.11 Å². The van der Waals surface area contributed by atoms with Gasteiger partial charge in [-0.15, -0.1) is 0 Å². The van der Waals surface area contributed by atoms with E-state index in [1.165, 1.54) is 0 Å². The van der Waals surface area contributed by atoms with E-state index in [0.717, 1.165) is 19.3 Å². The van der Waals surface area contributed by atoms with Crippen molar-refractivity contribution in [2.24, 2.45) is 0 Å². The summed E-state index contributed by atoms with van der Waals surface area (Å²) in [4.78, 5) is 0.0300. The van der Waals surface area contributed by atoms with Crippen LogP contribution in [0.4, 0.5) is 0 Å². The fraction of sp³-hybridized carbons (Fsp3) is 1.00. The molecule has 0 rings (SSSR count). The maximum absolute atomic E-state index is 9.32. The van der Waals surface area contributed by atoms with Gasteiger partial charge in [-0.3, -0.25) is 0 Å². The average molecular weight is 225 g/mol. The summed E-state index contributed by atoms with van der Waals surface area (Å²) >= 11 is 3.33. The first-order chi connectivity index (χ1) is 5.09. The Morgan fingerprint density at radius 1 is 1.36 bits per heavy atom. The third-order valence-corrected chi connectivity index (χ3v) is 2.70. The van der Waals surface area contributed by atoms with Gasteiger partial charge in [-0.2, -0.15) is 0 Å². The number of halogens is 1. The molecule has 0 aliphatic rings. The largest absolute Gasteiger partial charge is 0.391 e.